The number of benzene rings is 2. The van der Waals surface area contributed by atoms with Crippen LogP contribution in [0.3, 0.4) is 0 Å². The molecule has 0 saturated carbocycles. The average Bonchev–Trinajstić information content (AvgIpc) is 2.70. The Morgan fingerprint density at radius 2 is 2.00 bits per heavy atom. The third-order valence-corrected chi connectivity index (χ3v) is 5.26. The molecule has 29 heavy (non-hydrogen) atoms. The molecule has 3 rings (SSSR count). The molecule has 150 valence electrons. The Morgan fingerprint density at radius 1 is 1.21 bits per heavy atom. The van der Waals surface area contributed by atoms with E-state index in [1.807, 2.05) is 6.07 Å². The van der Waals surface area contributed by atoms with Crippen LogP contribution in [0.4, 0.5) is 5.69 Å². The highest BCUT2D eigenvalue weighted by atomic mass is 79.9. The van der Waals surface area contributed by atoms with Gasteiger partial charge in [0.1, 0.15) is 0 Å². The van der Waals surface area contributed by atoms with Gasteiger partial charge in [-0.1, -0.05) is 33.6 Å². The Morgan fingerprint density at radius 3 is 2.79 bits per heavy atom. The first-order valence-corrected chi connectivity index (χ1v) is 9.98. The molecule has 0 saturated heterocycles. The lowest BCUT2D eigenvalue weighted by atomic mass is 10.2. The Kier molecular flexibility index (Phi) is 6.66. The van der Waals surface area contributed by atoms with Gasteiger partial charge >= 0.3 is 0 Å². The fourth-order valence-corrected chi connectivity index (χ4v) is 3.25. The number of aryl methyl sites for hydroxylation is 1. The number of hydrogen-bond donors (Lipinski definition) is 2. The van der Waals surface area contributed by atoms with Crippen LogP contribution in [0, 0.1) is 6.92 Å². The van der Waals surface area contributed by atoms with Gasteiger partial charge in [-0.25, -0.2) is 4.98 Å². The zero-order valence-electron chi connectivity index (χ0n) is 15.5. The molecular formula is C20H18BrClN4O3. The second kappa shape index (κ2) is 9.19. The summed E-state index contributed by atoms with van der Waals surface area (Å²) in [5.74, 6) is -0.706. The third kappa shape index (κ3) is 5.21. The summed E-state index contributed by atoms with van der Waals surface area (Å²) in [4.78, 5) is 40.9. The normalized spacial score (nSPS) is 10.7. The zero-order valence-corrected chi connectivity index (χ0v) is 17.9. The lowest BCUT2D eigenvalue weighted by Crippen LogP contribution is -2.34. The lowest BCUT2D eigenvalue weighted by molar-refractivity contribution is -0.124. The summed E-state index contributed by atoms with van der Waals surface area (Å²) in [5.41, 5.74) is 1.71. The Bertz CT molecular complexity index is 1150. The number of rotatable bonds is 6. The van der Waals surface area contributed by atoms with E-state index < -0.39 is 0 Å². The fraction of sp³-hybridized carbons (Fsp3) is 0.200. The molecule has 9 heteroatoms. The highest BCUT2D eigenvalue weighted by Crippen LogP contribution is 2.22. The predicted octanol–water partition coefficient (Wildman–Crippen LogP) is 3.27. The SMILES string of the molecule is Cc1c(Cl)cccc1NC(=O)CNC(=O)CCn1cnc2ccc(Br)cc2c1=O. The van der Waals surface area contributed by atoms with Crippen LogP contribution in [0.5, 0.6) is 0 Å². The van der Waals surface area contributed by atoms with Gasteiger partial charge in [0.2, 0.25) is 11.8 Å². The van der Waals surface area contributed by atoms with Crippen molar-refractivity contribution < 1.29 is 9.59 Å². The Labute approximate surface area is 180 Å². The number of aromatic nitrogens is 2. The van der Waals surface area contributed by atoms with Crippen molar-refractivity contribution >= 4 is 55.9 Å². The maximum Gasteiger partial charge on any atom is 0.261 e. The van der Waals surface area contributed by atoms with Gasteiger partial charge in [0.15, 0.2) is 0 Å². The monoisotopic (exact) mass is 476 g/mol. The molecule has 2 N–H and O–H groups in total. The summed E-state index contributed by atoms with van der Waals surface area (Å²) in [6, 6.07) is 10.5. The molecule has 7 nitrogen and oxygen atoms in total. The number of nitrogens with zero attached hydrogens (tertiary/aromatic N) is 2. The molecule has 0 atom stereocenters. The molecule has 2 amide bonds. The average molecular weight is 478 g/mol. The number of hydrogen-bond acceptors (Lipinski definition) is 4. The smallest absolute Gasteiger partial charge is 0.261 e. The first kappa shape index (κ1) is 21.0. The van der Waals surface area contributed by atoms with Gasteiger partial charge in [0.25, 0.3) is 5.56 Å². The minimum absolute atomic E-state index is 0.0462. The van der Waals surface area contributed by atoms with Gasteiger partial charge in [-0.05, 0) is 42.8 Å². The fourth-order valence-electron chi connectivity index (χ4n) is 2.72. The standard InChI is InChI=1S/C20H18BrClN4O3/c1-12-15(22)3-2-4-16(12)25-19(28)10-23-18(27)7-8-26-11-24-17-6-5-13(21)9-14(17)20(26)29/h2-6,9,11H,7-8,10H2,1H3,(H,23,27)(H,25,28). The highest BCUT2D eigenvalue weighted by molar-refractivity contribution is 9.10. The van der Waals surface area contributed by atoms with E-state index in [-0.39, 0.29) is 36.9 Å². The maximum absolute atomic E-state index is 12.5. The number of nitrogens with one attached hydrogen (secondary N) is 2. The van der Waals surface area contributed by atoms with Crippen molar-refractivity contribution in [2.45, 2.75) is 19.9 Å². The molecule has 0 bridgehead atoms. The van der Waals surface area contributed by atoms with Crippen molar-refractivity contribution in [1.29, 1.82) is 0 Å². The highest BCUT2D eigenvalue weighted by Gasteiger charge is 2.10. The number of carbonyl (C=O) groups is 2. The topological polar surface area (TPSA) is 93.1 Å². The molecule has 0 aliphatic heterocycles. The molecule has 1 heterocycles. The van der Waals surface area contributed by atoms with Crippen molar-refractivity contribution in [2.24, 2.45) is 0 Å². The van der Waals surface area contributed by atoms with Gasteiger partial charge < -0.3 is 10.6 Å². The van der Waals surface area contributed by atoms with E-state index in [1.54, 1.807) is 37.3 Å². The van der Waals surface area contributed by atoms with Crippen molar-refractivity contribution in [2.75, 3.05) is 11.9 Å². The number of fused-ring (bicyclic) bond motifs is 1. The van der Waals surface area contributed by atoms with Gasteiger partial charge in [-0.2, -0.15) is 0 Å². The number of amides is 2. The molecule has 1 aromatic heterocycles. The van der Waals surface area contributed by atoms with E-state index in [4.69, 9.17) is 11.6 Å². The van der Waals surface area contributed by atoms with Gasteiger partial charge in [-0.3, -0.25) is 19.0 Å². The number of halogens is 2. The molecule has 0 unspecified atom stereocenters. The van der Waals surface area contributed by atoms with Crippen LogP contribution in [-0.2, 0) is 16.1 Å². The van der Waals surface area contributed by atoms with Crippen molar-refractivity contribution in [3.8, 4) is 0 Å². The first-order valence-electron chi connectivity index (χ1n) is 8.81. The number of carbonyl (C=O) groups excluding carboxylic acids is 2. The minimum atomic E-state index is -0.363. The molecule has 0 aliphatic carbocycles. The zero-order chi connectivity index (χ0) is 21.0. The summed E-state index contributed by atoms with van der Waals surface area (Å²) < 4.78 is 2.16. The van der Waals surface area contributed by atoms with E-state index in [1.165, 1.54) is 10.9 Å². The summed E-state index contributed by atoms with van der Waals surface area (Å²) in [7, 11) is 0. The lowest BCUT2D eigenvalue weighted by Gasteiger charge is -2.10. The molecule has 3 aromatic rings. The summed E-state index contributed by atoms with van der Waals surface area (Å²) in [5, 5.41) is 6.27. The molecular weight excluding hydrogens is 460 g/mol. The summed E-state index contributed by atoms with van der Waals surface area (Å²) in [6.07, 6.45) is 1.46. The first-order chi connectivity index (χ1) is 13.8. The quantitative estimate of drug-likeness (QED) is 0.570. The second-order valence-corrected chi connectivity index (χ2v) is 7.71. The van der Waals surface area contributed by atoms with Gasteiger partial charge in [-0.15, -0.1) is 0 Å². The van der Waals surface area contributed by atoms with E-state index in [0.717, 1.165) is 10.0 Å². The second-order valence-electron chi connectivity index (χ2n) is 6.39. The van der Waals surface area contributed by atoms with Crippen LogP contribution in [-0.4, -0.2) is 27.9 Å². The molecule has 0 radical (unpaired) electrons. The van der Waals surface area contributed by atoms with Crippen molar-refractivity contribution in [1.82, 2.24) is 14.9 Å². The van der Waals surface area contributed by atoms with E-state index in [0.29, 0.717) is 21.6 Å². The van der Waals surface area contributed by atoms with Crippen molar-refractivity contribution in [3.05, 3.63) is 68.1 Å². The van der Waals surface area contributed by atoms with Gasteiger partial charge in [0.05, 0.1) is 23.8 Å². The van der Waals surface area contributed by atoms with E-state index >= 15 is 0 Å². The van der Waals surface area contributed by atoms with Crippen molar-refractivity contribution in [3.63, 3.8) is 0 Å². The predicted molar refractivity (Wildman–Crippen MR) is 116 cm³/mol. The van der Waals surface area contributed by atoms with E-state index in [2.05, 4.69) is 31.5 Å². The molecule has 0 spiro atoms. The van der Waals surface area contributed by atoms with Crippen LogP contribution in [0.2, 0.25) is 5.02 Å². The maximum atomic E-state index is 12.5. The summed E-state index contributed by atoms with van der Waals surface area (Å²) in [6.45, 7) is 1.78. The van der Waals surface area contributed by atoms with Gasteiger partial charge in [0, 0.05) is 28.1 Å². The van der Waals surface area contributed by atoms with Crippen LogP contribution < -0.4 is 16.2 Å². The van der Waals surface area contributed by atoms with Crippen LogP contribution in [0.15, 0.2) is 52.0 Å². The summed E-state index contributed by atoms with van der Waals surface area (Å²) >= 11 is 9.36. The Hall–Kier alpha value is -2.71. The largest absolute Gasteiger partial charge is 0.347 e. The molecule has 2 aromatic carbocycles. The number of anilines is 1. The van der Waals surface area contributed by atoms with Crippen LogP contribution in [0.1, 0.15) is 12.0 Å². The van der Waals surface area contributed by atoms with E-state index in [9.17, 15) is 14.4 Å². The van der Waals surface area contributed by atoms with Crippen LogP contribution in [0.25, 0.3) is 10.9 Å². The molecule has 0 fully saturated rings. The van der Waals surface area contributed by atoms with Crippen LogP contribution >= 0.6 is 27.5 Å². The molecule has 0 aliphatic rings. The Balaban J connectivity index is 1.54. The minimum Gasteiger partial charge on any atom is -0.347 e. The third-order valence-electron chi connectivity index (χ3n) is 4.35.